The molecule has 160 valence electrons. The van der Waals surface area contributed by atoms with Gasteiger partial charge in [-0.25, -0.2) is 4.98 Å². The van der Waals surface area contributed by atoms with Crippen LogP contribution in [0.25, 0.3) is 22.9 Å². The van der Waals surface area contributed by atoms with Gasteiger partial charge in [-0.2, -0.15) is 0 Å². The number of nitrogens with one attached hydrogen (secondary N) is 2. The predicted molar refractivity (Wildman–Crippen MR) is 127 cm³/mol. The topological polar surface area (TPSA) is 95.1 Å². The first-order chi connectivity index (χ1) is 15.4. The Kier molecular flexibility index (Phi) is 6.05. The van der Waals surface area contributed by atoms with E-state index in [0.717, 1.165) is 11.1 Å². The smallest absolute Gasteiger partial charge is 0.274 e. The van der Waals surface area contributed by atoms with Gasteiger partial charge in [0.15, 0.2) is 0 Å². The molecule has 0 saturated carbocycles. The van der Waals surface area contributed by atoms with Crippen molar-refractivity contribution in [3.8, 4) is 0 Å². The minimum atomic E-state index is -0.477. The number of benzene rings is 3. The number of H-pyrrole nitrogens is 1. The van der Waals surface area contributed by atoms with Crippen molar-refractivity contribution >= 4 is 40.4 Å². The Labute approximate surface area is 189 Å². The van der Waals surface area contributed by atoms with Gasteiger partial charge in [-0.3, -0.25) is 9.59 Å². The number of aliphatic hydroxyl groups excluding tert-OH is 1. The third-order valence-corrected chi connectivity index (χ3v) is 5.22. The molecule has 0 aliphatic heterocycles. The van der Waals surface area contributed by atoms with Crippen LogP contribution in [-0.4, -0.2) is 21.0 Å². The number of carbonyl (C=O) groups is 1. The summed E-state index contributed by atoms with van der Waals surface area (Å²) in [5, 5.41) is 13.7. The Morgan fingerprint density at radius 1 is 1.06 bits per heavy atom. The van der Waals surface area contributed by atoms with Crippen LogP contribution in [-0.2, 0) is 6.54 Å². The lowest BCUT2D eigenvalue weighted by Crippen LogP contribution is -2.23. The average Bonchev–Trinajstić information content (AvgIpc) is 2.79. The third kappa shape index (κ3) is 4.87. The van der Waals surface area contributed by atoms with E-state index < -0.39 is 5.56 Å². The highest BCUT2D eigenvalue weighted by Gasteiger charge is 2.10. The fraction of sp³-hybridized carbons (Fsp3) is 0.0800. The normalized spacial score (nSPS) is 11.5. The summed E-state index contributed by atoms with van der Waals surface area (Å²) in [4.78, 5) is 32.1. The fourth-order valence-corrected chi connectivity index (χ4v) is 3.29. The van der Waals surface area contributed by atoms with Crippen molar-refractivity contribution < 1.29 is 9.90 Å². The Morgan fingerprint density at radius 3 is 2.47 bits per heavy atom. The van der Waals surface area contributed by atoms with Crippen LogP contribution in [0.15, 0.2) is 71.5 Å². The van der Waals surface area contributed by atoms with E-state index >= 15 is 0 Å². The number of fused-ring (bicyclic) bond motifs is 1. The van der Waals surface area contributed by atoms with Crippen molar-refractivity contribution in [3.05, 3.63) is 110 Å². The van der Waals surface area contributed by atoms with Gasteiger partial charge in [0.1, 0.15) is 11.5 Å². The number of aliphatic hydroxyl groups is 1. The first-order valence-corrected chi connectivity index (χ1v) is 10.3. The van der Waals surface area contributed by atoms with Crippen LogP contribution < -0.4 is 10.9 Å². The van der Waals surface area contributed by atoms with E-state index in [0.29, 0.717) is 33.7 Å². The van der Waals surface area contributed by atoms with Crippen LogP contribution >= 0.6 is 11.6 Å². The number of carbonyl (C=O) groups excluding carboxylic acids is 1. The molecule has 1 heterocycles. The van der Waals surface area contributed by atoms with Crippen LogP contribution in [0.1, 0.15) is 32.7 Å². The number of aryl methyl sites for hydroxylation is 1. The zero-order valence-electron chi connectivity index (χ0n) is 17.2. The van der Waals surface area contributed by atoms with Gasteiger partial charge in [0.2, 0.25) is 0 Å². The van der Waals surface area contributed by atoms with Crippen molar-refractivity contribution in [2.24, 2.45) is 0 Å². The van der Waals surface area contributed by atoms with E-state index in [9.17, 15) is 14.7 Å². The summed E-state index contributed by atoms with van der Waals surface area (Å²) in [6.07, 6.45) is 1.30. The second-order valence-electron chi connectivity index (χ2n) is 7.39. The molecule has 3 aromatic carbocycles. The molecule has 0 atom stereocenters. The molecule has 0 fully saturated rings. The van der Waals surface area contributed by atoms with Gasteiger partial charge < -0.3 is 15.4 Å². The molecule has 0 saturated heterocycles. The lowest BCUT2D eigenvalue weighted by atomic mass is 10.1. The number of aromatic nitrogens is 2. The number of nitrogens with zero attached hydrogens (tertiary/aromatic N) is 1. The van der Waals surface area contributed by atoms with E-state index in [-0.39, 0.29) is 17.4 Å². The second-order valence-corrected chi connectivity index (χ2v) is 7.82. The van der Waals surface area contributed by atoms with Crippen molar-refractivity contribution in [2.75, 3.05) is 0 Å². The third-order valence-electron chi connectivity index (χ3n) is 4.97. The number of rotatable bonds is 5. The first-order valence-electron chi connectivity index (χ1n) is 9.93. The highest BCUT2D eigenvalue weighted by atomic mass is 35.5. The summed E-state index contributed by atoms with van der Waals surface area (Å²) in [5.41, 5.74) is 3.58. The van der Waals surface area contributed by atoms with Crippen molar-refractivity contribution in [2.45, 2.75) is 13.5 Å². The van der Waals surface area contributed by atoms with Gasteiger partial charge in [-0.05, 0) is 55.0 Å². The van der Waals surface area contributed by atoms with Crippen LogP contribution in [0.4, 0.5) is 0 Å². The molecule has 0 bridgehead atoms. The van der Waals surface area contributed by atoms with Crippen molar-refractivity contribution in [3.63, 3.8) is 0 Å². The van der Waals surface area contributed by atoms with Gasteiger partial charge in [0.25, 0.3) is 11.5 Å². The molecule has 0 spiro atoms. The second kappa shape index (κ2) is 9.08. The Balaban J connectivity index is 1.55. The summed E-state index contributed by atoms with van der Waals surface area (Å²) in [6.45, 7) is 2.41. The lowest BCUT2D eigenvalue weighted by molar-refractivity contribution is 0.0951. The molecule has 7 heteroatoms. The molecular formula is C25H20ClN3O3. The van der Waals surface area contributed by atoms with Crippen LogP contribution in [0, 0.1) is 6.92 Å². The molecular weight excluding hydrogens is 426 g/mol. The number of aromatic amines is 1. The standard InChI is InChI=1S/C25H20ClN3O3/c1-15-2-4-16(5-3-15)14-27-24(31)18-8-11-20-21(12-18)29-25(32)22(28-20)13-23(30)17-6-9-19(26)10-7-17/h2-13,30H,14H2,1H3,(H,27,31)(H,29,32)/b23-13-. The Hall–Kier alpha value is -3.90. The minimum absolute atomic E-state index is 0.0570. The maximum Gasteiger partial charge on any atom is 0.274 e. The van der Waals surface area contributed by atoms with Crippen molar-refractivity contribution in [1.82, 2.24) is 15.3 Å². The molecule has 0 aliphatic rings. The van der Waals surface area contributed by atoms with E-state index in [1.54, 1.807) is 42.5 Å². The molecule has 0 aliphatic carbocycles. The number of amides is 1. The van der Waals surface area contributed by atoms with Gasteiger partial charge in [-0.1, -0.05) is 41.4 Å². The molecule has 1 aromatic heterocycles. The Morgan fingerprint density at radius 2 is 1.75 bits per heavy atom. The van der Waals surface area contributed by atoms with E-state index in [2.05, 4.69) is 15.3 Å². The molecule has 1 amide bonds. The number of hydrogen-bond donors (Lipinski definition) is 3. The minimum Gasteiger partial charge on any atom is -0.507 e. The molecule has 4 aromatic rings. The van der Waals surface area contributed by atoms with E-state index in [4.69, 9.17) is 11.6 Å². The molecule has 6 nitrogen and oxygen atoms in total. The van der Waals surface area contributed by atoms with Crippen LogP contribution in [0.5, 0.6) is 0 Å². The van der Waals surface area contributed by atoms with Crippen LogP contribution in [0.3, 0.4) is 0 Å². The lowest BCUT2D eigenvalue weighted by Gasteiger charge is -2.07. The van der Waals surface area contributed by atoms with E-state index in [1.807, 2.05) is 31.2 Å². The zero-order chi connectivity index (χ0) is 22.7. The predicted octanol–water partition coefficient (Wildman–Crippen LogP) is 4.87. The highest BCUT2D eigenvalue weighted by Crippen LogP contribution is 2.18. The first kappa shape index (κ1) is 21.3. The monoisotopic (exact) mass is 445 g/mol. The van der Waals surface area contributed by atoms with Crippen molar-refractivity contribution in [1.29, 1.82) is 0 Å². The highest BCUT2D eigenvalue weighted by molar-refractivity contribution is 6.30. The number of hydrogen-bond acceptors (Lipinski definition) is 4. The summed E-state index contributed by atoms with van der Waals surface area (Å²) in [6, 6.07) is 19.4. The molecule has 0 unspecified atom stereocenters. The average molecular weight is 446 g/mol. The fourth-order valence-electron chi connectivity index (χ4n) is 3.16. The quantitative estimate of drug-likeness (QED) is 0.382. The van der Waals surface area contributed by atoms with E-state index in [1.165, 1.54) is 6.08 Å². The van der Waals surface area contributed by atoms with Gasteiger partial charge >= 0.3 is 0 Å². The van der Waals surface area contributed by atoms with Gasteiger partial charge in [0.05, 0.1) is 11.0 Å². The summed E-state index contributed by atoms with van der Waals surface area (Å²) < 4.78 is 0. The maximum absolute atomic E-state index is 12.5. The zero-order valence-corrected chi connectivity index (χ0v) is 18.0. The number of halogens is 1. The SMILES string of the molecule is Cc1ccc(CNC(=O)c2ccc3nc(/C=C(\O)c4ccc(Cl)cc4)c(=O)[nH]c3c2)cc1. The maximum atomic E-state index is 12.5. The molecule has 0 radical (unpaired) electrons. The van der Waals surface area contributed by atoms with Gasteiger partial charge in [0, 0.05) is 28.8 Å². The largest absolute Gasteiger partial charge is 0.507 e. The molecule has 4 rings (SSSR count). The van der Waals surface area contributed by atoms with Gasteiger partial charge in [-0.15, -0.1) is 0 Å². The summed E-state index contributed by atoms with van der Waals surface area (Å²) in [7, 11) is 0. The molecule has 3 N–H and O–H groups in total. The van der Waals surface area contributed by atoms with Crippen LogP contribution in [0.2, 0.25) is 5.02 Å². The summed E-state index contributed by atoms with van der Waals surface area (Å²) in [5.74, 6) is -0.358. The summed E-state index contributed by atoms with van der Waals surface area (Å²) >= 11 is 5.86. The molecule has 32 heavy (non-hydrogen) atoms. The Bertz CT molecular complexity index is 1370.